The molecule has 1 heterocycles. The van der Waals surface area contributed by atoms with Gasteiger partial charge in [0, 0.05) is 18.1 Å². The molecule has 104 valence electrons. The molecule has 0 aliphatic rings. The zero-order valence-electron chi connectivity index (χ0n) is 10.5. The van der Waals surface area contributed by atoms with Crippen LogP contribution in [0, 0.1) is 17.0 Å². The van der Waals surface area contributed by atoms with E-state index >= 15 is 0 Å². The Balaban J connectivity index is 2.37. The van der Waals surface area contributed by atoms with Crippen molar-refractivity contribution in [3.63, 3.8) is 0 Å². The number of hydrogen-bond donors (Lipinski definition) is 1. The molecule has 0 unspecified atom stereocenters. The van der Waals surface area contributed by atoms with E-state index in [9.17, 15) is 25.1 Å². The summed E-state index contributed by atoms with van der Waals surface area (Å²) < 4.78 is 5.00. The van der Waals surface area contributed by atoms with Crippen LogP contribution in [-0.4, -0.2) is 16.0 Å². The molecule has 0 saturated heterocycles. The Morgan fingerprint density at radius 2 is 2.10 bits per heavy atom. The van der Waals surface area contributed by atoms with Crippen molar-refractivity contribution in [1.82, 2.24) is 0 Å². The average Bonchev–Trinajstić information content (AvgIpc) is 2.81. The van der Waals surface area contributed by atoms with E-state index in [1.54, 1.807) is 13.0 Å². The molecule has 1 N–H and O–H groups in total. The predicted octanol–water partition coefficient (Wildman–Crippen LogP) is 1.16. The van der Waals surface area contributed by atoms with E-state index in [1.165, 1.54) is 18.2 Å². The summed E-state index contributed by atoms with van der Waals surface area (Å²) in [7, 11) is 0. The van der Waals surface area contributed by atoms with E-state index in [2.05, 4.69) is 0 Å². The van der Waals surface area contributed by atoms with Gasteiger partial charge in [0.05, 0.1) is 4.92 Å². The molecule has 0 amide bonds. The van der Waals surface area contributed by atoms with Gasteiger partial charge in [-0.15, -0.1) is 0 Å². The Morgan fingerprint density at radius 1 is 1.40 bits per heavy atom. The average molecular weight is 276 g/mol. The third-order valence-corrected chi connectivity index (χ3v) is 2.74. The highest BCUT2D eigenvalue weighted by atomic mass is 16.6. The summed E-state index contributed by atoms with van der Waals surface area (Å²) in [5, 5.41) is 31.2. The number of nitrogens with zero attached hydrogens (tertiary/aromatic N) is 1. The molecule has 2 aromatic rings. The van der Waals surface area contributed by atoms with E-state index in [1.807, 2.05) is 0 Å². The Hall–Kier alpha value is -2.83. The number of furan rings is 1. The van der Waals surface area contributed by atoms with E-state index in [-0.39, 0.29) is 23.5 Å². The number of aryl methyl sites for hydroxylation is 1. The second kappa shape index (κ2) is 5.04. The topological polar surface area (TPSA) is 117 Å². The van der Waals surface area contributed by atoms with Gasteiger partial charge in [-0.25, -0.2) is 0 Å². The molecule has 2 rings (SSSR count). The quantitative estimate of drug-likeness (QED) is 0.661. The van der Waals surface area contributed by atoms with E-state index < -0.39 is 22.3 Å². The number of carbonyl (C=O) groups is 1. The Morgan fingerprint density at radius 3 is 2.65 bits per heavy atom. The molecule has 0 spiro atoms. The van der Waals surface area contributed by atoms with E-state index in [0.29, 0.717) is 5.56 Å². The predicted molar refractivity (Wildman–Crippen MR) is 65.3 cm³/mol. The monoisotopic (exact) mass is 276 g/mol. The van der Waals surface area contributed by atoms with Gasteiger partial charge in [0.1, 0.15) is 17.5 Å². The van der Waals surface area contributed by atoms with Crippen molar-refractivity contribution in [3.8, 4) is 5.75 Å². The van der Waals surface area contributed by atoms with Crippen LogP contribution < -0.4 is 5.11 Å². The summed E-state index contributed by atoms with van der Waals surface area (Å²) in [6, 6.07) is 5.47. The number of carboxylic acids is 1. The maximum atomic E-state index is 10.8. The van der Waals surface area contributed by atoms with Crippen LogP contribution >= 0.6 is 0 Å². The molecule has 0 atom stereocenters. The number of phenols is 1. The van der Waals surface area contributed by atoms with Crippen LogP contribution in [0.3, 0.4) is 0 Å². The van der Waals surface area contributed by atoms with Crippen molar-refractivity contribution in [2.75, 3.05) is 0 Å². The van der Waals surface area contributed by atoms with E-state index in [0.717, 1.165) is 0 Å². The fraction of sp³-hybridized carbons (Fsp3) is 0.154. The van der Waals surface area contributed by atoms with Crippen LogP contribution in [0.15, 0.2) is 28.7 Å². The van der Waals surface area contributed by atoms with Gasteiger partial charge in [-0.1, -0.05) is 6.07 Å². The minimum absolute atomic E-state index is 0.0433. The number of aromatic carboxylic acids is 1. The van der Waals surface area contributed by atoms with Gasteiger partial charge in [-0.05, 0) is 24.6 Å². The van der Waals surface area contributed by atoms with Crippen molar-refractivity contribution in [2.24, 2.45) is 0 Å². The fourth-order valence-electron chi connectivity index (χ4n) is 1.88. The highest BCUT2D eigenvalue weighted by Crippen LogP contribution is 2.32. The third-order valence-electron chi connectivity index (χ3n) is 2.74. The number of carboxylic acid groups (broad SMARTS) is 1. The lowest BCUT2D eigenvalue weighted by molar-refractivity contribution is -0.386. The van der Waals surface area contributed by atoms with Crippen molar-refractivity contribution >= 4 is 11.7 Å². The van der Waals surface area contributed by atoms with Crippen LogP contribution in [0.5, 0.6) is 5.75 Å². The second-order valence-corrected chi connectivity index (χ2v) is 4.28. The fourth-order valence-corrected chi connectivity index (χ4v) is 1.88. The largest absolute Gasteiger partial charge is 0.542 e. The summed E-state index contributed by atoms with van der Waals surface area (Å²) in [6.45, 7) is 1.66. The van der Waals surface area contributed by atoms with Gasteiger partial charge in [-0.3, -0.25) is 10.1 Å². The van der Waals surface area contributed by atoms with Gasteiger partial charge in [-0.2, -0.15) is 0 Å². The smallest absolute Gasteiger partial charge is 0.311 e. The molecule has 0 radical (unpaired) electrons. The highest BCUT2D eigenvalue weighted by Gasteiger charge is 2.19. The first-order valence-electron chi connectivity index (χ1n) is 5.65. The normalized spacial score (nSPS) is 10.4. The van der Waals surface area contributed by atoms with Crippen LogP contribution in [0.25, 0.3) is 0 Å². The summed E-state index contributed by atoms with van der Waals surface area (Å²) in [6.07, 6.45) is 0.0433. The third kappa shape index (κ3) is 2.61. The molecule has 7 nitrogen and oxygen atoms in total. The molecule has 1 aromatic heterocycles. The number of rotatable bonds is 4. The lowest BCUT2D eigenvalue weighted by Gasteiger charge is -2.05. The molecule has 0 aliphatic heterocycles. The Kier molecular flexibility index (Phi) is 3.43. The molecular weight excluding hydrogens is 266 g/mol. The minimum Gasteiger partial charge on any atom is -0.542 e. The number of nitro groups is 1. The second-order valence-electron chi connectivity index (χ2n) is 4.28. The lowest BCUT2D eigenvalue weighted by atomic mass is 10.0. The van der Waals surface area contributed by atoms with Gasteiger partial charge in [0.15, 0.2) is 5.75 Å². The molecule has 7 heteroatoms. The van der Waals surface area contributed by atoms with Crippen molar-refractivity contribution < 1.29 is 24.3 Å². The zero-order chi connectivity index (χ0) is 14.9. The van der Waals surface area contributed by atoms with Gasteiger partial charge in [0.2, 0.25) is 0 Å². The van der Waals surface area contributed by atoms with Crippen LogP contribution in [0.1, 0.15) is 27.4 Å². The van der Waals surface area contributed by atoms with Crippen molar-refractivity contribution in [2.45, 2.75) is 13.3 Å². The molecule has 1 aromatic carbocycles. The standard InChI is InChI=1S/C13H11NO6/c1-7-4-8(12(15)10(5-7)14(18)19)6-9-2-3-11(20-9)13(16)17/h2-5,15H,6H2,1H3,(H,16,17)/p-1. The summed E-state index contributed by atoms with van der Waals surface area (Å²) in [4.78, 5) is 20.7. The van der Waals surface area contributed by atoms with Gasteiger partial charge >= 0.3 is 5.69 Å². The lowest BCUT2D eigenvalue weighted by Crippen LogP contribution is -2.21. The Bertz CT molecular complexity index is 688. The van der Waals surface area contributed by atoms with E-state index in [4.69, 9.17) is 4.42 Å². The number of carbonyl (C=O) groups excluding carboxylic acids is 1. The molecular formula is C13H10NO6-. The SMILES string of the molecule is Cc1cc(Cc2ccc(C(=O)[O-])o2)c(O)c([N+](=O)[O-])c1. The number of phenolic OH excluding ortho intramolecular Hbond substituents is 1. The number of nitro benzene ring substituents is 1. The van der Waals surface area contributed by atoms with Crippen molar-refractivity contribution in [1.29, 1.82) is 0 Å². The first-order valence-corrected chi connectivity index (χ1v) is 5.65. The summed E-state index contributed by atoms with van der Waals surface area (Å²) >= 11 is 0. The molecule has 0 fully saturated rings. The molecule has 0 saturated carbocycles. The first kappa shape index (κ1) is 13.6. The summed E-state index contributed by atoms with van der Waals surface area (Å²) in [5.74, 6) is -1.97. The van der Waals surface area contributed by atoms with Crippen LogP contribution in [0.4, 0.5) is 5.69 Å². The minimum atomic E-state index is -1.45. The Labute approximate surface area is 113 Å². The van der Waals surface area contributed by atoms with Gasteiger partial charge < -0.3 is 19.4 Å². The maximum Gasteiger partial charge on any atom is 0.311 e. The number of aromatic hydroxyl groups is 1. The first-order chi connectivity index (χ1) is 9.38. The maximum absolute atomic E-state index is 10.8. The number of benzene rings is 1. The molecule has 0 bridgehead atoms. The summed E-state index contributed by atoms with van der Waals surface area (Å²) in [5.41, 5.74) is 0.499. The van der Waals surface area contributed by atoms with Gasteiger partial charge in [0.25, 0.3) is 0 Å². The number of hydrogen-bond acceptors (Lipinski definition) is 6. The molecule has 0 aliphatic carbocycles. The zero-order valence-corrected chi connectivity index (χ0v) is 10.5. The highest BCUT2D eigenvalue weighted by molar-refractivity contribution is 5.82. The van der Waals surface area contributed by atoms with Crippen molar-refractivity contribution in [3.05, 3.63) is 57.0 Å². The molecule has 20 heavy (non-hydrogen) atoms. The van der Waals surface area contributed by atoms with Crippen LogP contribution in [0.2, 0.25) is 0 Å². The van der Waals surface area contributed by atoms with Crippen LogP contribution in [-0.2, 0) is 6.42 Å².